The zero-order chi connectivity index (χ0) is 12.3. The zero-order valence-corrected chi connectivity index (χ0v) is 12.5. The first-order chi connectivity index (χ1) is 8.26. The standard InChI is InChI=1S/C13H19IN2O/c1-3-16-11(8-15-2)9-17-13-7-5-10(14)4-6-12(13)16/h5-7,11,15H,3-4,8-9H2,1-2H3. The first-order valence-corrected chi connectivity index (χ1v) is 7.15. The fraction of sp³-hybridized carbons (Fsp3) is 0.538. The highest BCUT2D eigenvalue weighted by molar-refractivity contribution is 14.1. The Hall–Kier alpha value is -0.490. The molecule has 0 aromatic heterocycles. The highest BCUT2D eigenvalue weighted by Crippen LogP contribution is 2.29. The van der Waals surface area contributed by atoms with Crippen molar-refractivity contribution in [1.82, 2.24) is 10.2 Å². The fourth-order valence-corrected chi connectivity index (χ4v) is 2.70. The smallest absolute Gasteiger partial charge is 0.142 e. The molecule has 0 radical (unpaired) electrons. The molecule has 17 heavy (non-hydrogen) atoms. The number of likely N-dealkylation sites (N-methyl/N-ethyl adjacent to an activating group) is 2. The molecular weight excluding hydrogens is 327 g/mol. The van der Waals surface area contributed by atoms with Crippen molar-refractivity contribution in [2.75, 3.05) is 26.7 Å². The van der Waals surface area contributed by atoms with Gasteiger partial charge in [-0.3, -0.25) is 0 Å². The number of nitrogens with zero attached hydrogens (tertiary/aromatic N) is 1. The normalized spacial score (nSPS) is 24.1. The van der Waals surface area contributed by atoms with Gasteiger partial charge in [-0.25, -0.2) is 0 Å². The van der Waals surface area contributed by atoms with Gasteiger partial charge in [-0.2, -0.15) is 0 Å². The van der Waals surface area contributed by atoms with Crippen molar-refractivity contribution in [3.63, 3.8) is 0 Å². The van der Waals surface area contributed by atoms with Crippen LogP contribution in [-0.2, 0) is 4.74 Å². The molecule has 0 bridgehead atoms. The third-order valence-electron chi connectivity index (χ3n) is 3.12. The van der Waals surface area contributed by atoms with E-state index in [0.29, 0.717) is 6.04 Å². The Morgan fingerprint density at radius 1 is 1.53 bits per heavy atom. The maximum Gasteiger partial charge on any atom is 0.142 e. The molecule has 1 fully saturated rings. The molecule has 3 nitrogen and oxygen atoms in total. The molecule has 1 aliphatic heterocycles. The van der Waals surface area contributed by atoms with E-state index in [4.69, 9.17) is 4.74 Å². The average molecular weight is 346 g/mol. The van der Waals surface area contributed by atoms with Gasteiger partial charge in [-0.05, 0) is 58.7 Å². The number of rotatable bonds is 3. The Bertz CT molecular complexity index is 374. The SMILES string of the molecule is CCN1C2=CCC(I)=CC=C2OCC1CNC. The van der Waals surface area contributed by atoms with Crippen LogP contribution in [0.4, 0.5) is 0 Å². The summed E-state index contributed by atoms with van der Waals surface area (Å²) in [7, 11) is 1.99. The Morgan fingerprint density at radius 2 is 2.35 bits per heavy atom. The molecular formula is C13H19IN2O. The fourth-order valence-electron chi connectivity index (χ4n) is 2.30. The van der Waals surface area contributed by atoms with Gasteiger partial charge in [0, 0.05) is 13.1 Å². The van der Waals surface area contributed by atoms with Gasteiger partial charge in [0.1, 0.15) is 12.4 Å². The molecule has 0 aromatic carbocycles. The van der Waals surface area contributed by atoms with Crippen molar-refractivity contribution in [3.8, 4) is 0 Å². The van der Waals surface area contributed by atoms with Crippen LogP contribution in [0.1, 0.15) is 13.3 Å². The van der Waals surface area contributed by atoms with Crippen LogP contribution in [0.3, 0.4) is 0 Å². The van der Waals surface area contributed by atoms with E-state index in [1.54, 1.807) is 0 Å². The molecule has 1 saturated heterocycles. The van der Waals surface area contributed by atoms with Gasteiger partial charge in [0.2, 0.25) is 0 Å². The molecule has 0 spiro atoms. The van der Waals surface area contributed by atoms with Gasteiger partial charge in [-0.15, -0.1) is 0 Å². The number of hydrogen-bond acceptors (Lipinski definition) is 3. The van der Waals surface area contributed by atoms with E-state index in [1.807, 2.05) is 7.05 Å². The van der Waals surface area contributed by atoms with Gasteiger partial charge in [-0.1, -0.05) is 6.08 Å². The molecule has 0 aromatic rings. The van der Waals surface area contributed by atoms with Crippen molar-refractivity contribution >= 4 is 22.6 Å². The van der Waals surface area contributed by atoms with Gasteiger partial charge in [0.15, 0.2) is 0 Å². The molecule has 2 aliphatic rings. The minimum absolute atomic E-state index is 0.434. The molecule has 1 N–H and O–H groups in total. The van der Waals surface area contributed by atoms with Crippen LogP contribution < -0.4 is 5.32 Å². The van der Waals surface area contributed by atoms with Gasteiger partial charge >= 0.3 is 0 Å². The van der Waals surface area contributed by atoms with Crippen LogP contribution in [0.15, 0.2) is 33.3 Å². The monoisotopic (exact) mass is 346 g/mol. The summed E-state index contributed by atoms with van der Waals surface area (Å²) in [6.07, 6.45) is 7.52. The number of nitrogens with one attached hydrogen (secondary N) is 1. The summed E-state index contributed by atoms with van der Waals surface area (Å²) in [4.78, 5) is 2.44. The Morgan fingerprint density at radius 3 is 3.06 bits per heavy atom. The van der Waals surface area contributed by atoms with Crippen molar-refractivity contribution in [2.45, 2.75) is 19.4 Å². The maximum absolute atomic E-state index is 5.87. The summed E-state index contributed by atoms with van der Waals surface area (Å²) in [5, 5.41) is 3.24. The maximum atomic E-state index is 5.87. The number of morpholine rings is 1. The van der Waals surface area contributed by atoms with Crippen LogP contribution in [0.5, 0.6) is 0 Å². The van der Waals surface area contributed by atoms with E-state index < -0.39 is 0 Å². The van der Waals surface area contributed by atoms with E-state index in [9.17, 15) is 0 Å². The Kier molecular flexibility index (Phi) is 4.50. The van der Waals surface area contributed by atoms with Crippen molar-refractivity contribution in [3.05, 3.63) is 33.3 Å². The second-order valence-corrected chi connectivity index (χ2v) is 5.63. The minimum atomic E-state index is 0.434. The third-order valence-corrected chi connectivity index (χ3v) is 3.92. The first kappa shape index (κ1) is 13.0. The lowest BCUT2D eigenvalue weighted by Crippen LogP contribution is -2.47. The van der Waals surface area contributed by atoms with Crippen LogP contribution in [0, 0.1) is 0 Å². The highest BCUT2D eigenvalue weighted by Gasteiger charge is 2.28. The summed E-state index contributed by atoms with van der Waals surface area (Å²) >= 11 is 2.38. The quantitative estimate of drug-likeness (QED) is 0.795. The van der Waals surface area contributed by atoms with E-state index >= 15 is 0 Å². The molecule has 1 heterocycles. The lowest BCUT2D eigenvalue weighted by Gasteiger charge is -2.39. The Labute approximate surface area is 117 Å². The lowest BCUT2D eigenvalue weighted by molar-refractivity contribution is 0.0765. The number of ether oxygens (including phenoxy) is 1. The summed E-state index contributed by atoms with van der Waals surface area (Å²) in [6, 6.07) is 0.434. The predicted molar refractivity (Wildman–Crippen MR) is 78.9 cm³/mol. The second-order valence-electron chi connectivity index (χ2n) is 4.25. The Balaban J connectivity index is 2.23. The summed E-state index contributed by atoms with van der Waals surface area (Å²) in [5.74, 6) is 1.02. The lowest BCUT2D eigenvalue weighted by atomic mass is 10.1. The number of allylic oxidation sites excluding steroid dienone is 4. The van der Waals surface area contributed by atoms with Crippen molar-refractivity contribution in [2.24, 2.45) is 0 Å². The summed E-state index contributed by atoms with van der Waals surface area (Å²) in [5.41, 5.74) is 1.25. The number of hydrogen-bond donors (Lipinski definition) is 1. The summed E-state index contributed by atoms with van der Waals surface area (Å²) < 4.78 is 7.22. The van der Waals surface area contributed by atoms with Gasteiger partial charge in [0.25, 0.3) is 0 Å². The van der Waals surface area contributed by atoms with Crippen LogP contribution >= 0.6 is 22.6 Å². The largest absolute Gasteiger partial charge is 0.489 e. The van der Waals surface area contributed by atoms with Crippen molar-refractivity contribution < 1.29 is 4.74 Å². The number of fused-ring (bicyclic) bond motifs is 1. The topological polar surface area (TPSA) is 24.5 Å². The molecule has 0 saturated carbocycles. The van der Waals surface area contributed by atoms with Crippen LogP contribution in [-0.4, -0.2) is 37.7 Å². The molecule has 94 valence electrons. The molecule has 1 unspecified atom stereocenters. The van der Waals surface area contributed by atoms with Gasteiger partial charge < -0.3 is 15.0 Å². The van der Waals surface area contributed by atoms with Crippen LogP contribution in [0.2, 0.25) is 0 Å². The second kappa shape index (κ2) is 5.91. The first-order valence-electron chi connectivity index (χ1n) is 6.07. The van der Waals surface area contributed by atoms with E-state index in [0.717, 1.165) is 31.9 Å². The van der Waals surface area contributed by atoms with E-state index in [-0.39, 0.29) is 0 Å². The minimum Gasteiger partial charge on any atom is -0.489 e. The average Bonchev–Trinajstić information content (AvgIpc) is 2.52. The van der Waals surface area contributed by atoms with E-state index in [1.165, 1.54) is 9.28 Å². The molecule has 1 aliphatic carbocycles. The van der Waals surface area contributed by atoms with Gasteiger partial charge in [0.05, 0.1) is 11.7 Å². The molecule has 2 rings (SSSR count). The highest BCUT2D eigenvalue weighted by atomic mass is 127. The third kappa shape index (κ3) is 2.85. The predicted octanol–water partition coefficient (Wildman–Crippen LogP) is 2.42. The molecule has 1 atom stereocenters. The van der Waals surface area contributed by atoms with Crippen LogP contribution in [0.25, 0.3) is 0 Å². The van der Waals surface area contributed by atoms with E-state index in [2.05, 4.69) is 58.0 Å². The zero-order valence-electron chi connectivity index (χ0n) is 10.4. The summed E-state index contributed by atoms with van der Waals surface area (Å²) in [6.45, 7) is 4.95. The molecule has 4 heteroatoms. The number of halogens is 1. The molecule has 0 amide bonds. The van der Waals surface area contributed by atoms with Crippen molar-refractivity contribution in [1.29, 1.82) is 0 Å².